The second-order valence-corrected chi connectivity index (χ2v) is 6.57. The molecule has 0 aliphatic heterocycles. The van der Waals surface area contributed by atoms with E-state index in [4.69, 9.17) is 22.1 Å². The molecule has 2 N–H and O–H groups in total. The van der Waals surface area contributed by atoms with E-state index in [0.717, 1.165) is 26.1 Å². The van der Waals surface area contributed by atoms with Crippen LogP contribution in [0.1, 0.15) is 29.1 Å². The lowest BCUT2D eigenvalue weighted by molar-refractivity contribution is 0.0533. The molecule has 19 heavy (non-hydrogen) atoms. The van der Waals surface area contributed by atoms with Crippen LogP contribution in [0.2, 0.25) is 4.34 Å². The van der Waals surface area contributed by atoms with Crippen LogP contribution >= 0.6 is 34.3 Å². The highest BCUT2D eigenvalue weighted by Crippen LogP contribution is 2.42. The van der Waals surface area contributed by atoms with Gasteiger partial charge in [0.2, 0.25) is 0 Å². The summed E-state index contributed by atoms with van der Waals surface area (Å²) >= 11 is 8.83. The molecular weight excluding hydrogens is 302 g/mol. The number of hydrogen-bond donors (Lipinski definition) is 1. The summed E-state index contributed by atoms with van der Waals surface area (Å²) in [6, 6.07) is 3.80. The van der Waals surface area contributed by atoms with E-state index < -0.39 is 0 Å². The Hall–Kier alpha value is -1.04. The van der Waals surface area contributed by atoms with Crippen molar-refractivity contribution in [1.29, 1.82) is 0 Å². The van der Waals surface area contributed by atoms with E-state index in [-0.39, 0.29) is 5.97 Å². The number of thiophene rings is 2. The summed E-state index contributed by atoms with van der Waals surface area (Å²) in [7, 11) is 0. The van der Waals surface area contributed by atoms with Gasteiger partial charge < -0.3 is 10.5 Å². The fourth-order valence-electron chi connectivity index (χ4n) is 1.81. The number of carbonyl (C=O) groups excluding carboxylic acids is 1. The zero-order valence-electron chi connectivity index (χ0n) is 10.7. The Bertz CT molecular complexity index is 604. The van der Waals surface area contributed by atoms with E-state index in [1.807, 2.05) is 19.1 Å². The SMILES string of the molecule is CCOC(=O)c1sc(-c2ccc(Cl)s2)c(CC)c1N. The van der Waals surface area contributed by atoms with Crippen molar-refractivity contribution in [3.63, 3.8) is 0 Å². The summed E-state index contributed by atoms with van der Waals surface area (Å²) in [5.41, 5.74) is 7.60. The molecule has 0 aliphatic rings. The van der Waals surface area contributed by atoms with Crippen LogP contribution in [0, 0.1) is 0 Å². The van der Waals surface area contributed by atoms with Gasteiger partial charge in [-0.2, -0.15) is 0 Å². The quantitative estimate of drug-likeness (QED) is 0.848. The van der Waals surface area contributed by atoms with E-state index in [2.05, 4.69) is 0 Å². The van der Waals surface area contributed by atoms with Crippen molar-refractivity contribution in [3.05, 3.63) is 26.9 Å². The van der Waals surface area contributed by atoms with Crippen LogP contribution in [0.15, 0.2) is 12.1 Å². The minimum Gasteiger partial charge on any atom is -0.462 e. The molecule has 2 heterocycles. The van der Waals surface area contributed by atoms with Crippen LogP contribution in [0.4, 0.5) is 5.69 Å². The van der Waals surface area contributed by atoms with Crippen LogP contribution in [0.5, 0.6) is 0 Å². The molecular formula is C13H14ClNO2S2. The number of anilines is 1. The molecule has 3 nitrogen and oxygen atoms in total. The van der Waals surface area contributed by atoms with Gasteiger partial charge in [0.05, 0.1) is 21.5 Å². The Morgan fingerprint density at radius 1 is 1.37 bits per heavy atom. The Labute approximate surface area is 125 Å². The second kappa shape index (κ2) is 5.94. The molecule has 0 bridgehead atoms. The number of hydrogen-bond acceptors (Lipinski definition) is 5. The molecule has 0 saturated heterocycles. The largest absolute Gasteiger partial charge is 0.462 e. The van der Waals surface area contributed by atoms with Gasteiger partial charge in [-0.25, -0.2) is 4.79 Å². The predicted molar refractivity (Wildman–Crippen MR) is 82.4 cm³/mol. The maximum absolute atomic E-state index is 11.9. The van der Waals surface area contributed by atoms with E-state index in [9.17, 15) is 4.79 Å². The maximum Gasteiger partial charge on any atom is 0.350 e. The van der Waals surface area contributed by atoms with E-state index >= 15 is 0 Å². The standard InChI is InChI=1S/C13H14ClNO2S2/c1-3-7-10(15)12(13(16)17-4-2)19-11(7)8-5-6-9(14)18-8/h5-6H,3-4,15H2,1-2H3. The number of halogens is 1. The molecule has 0 spiro atoms. The molecule has 2 aromatic rings. The van der Waals surface area contributed by atoms with E-state index in [1.165, 1.54) is 22.7 Å². The monoisotopic (exact) mass is 315 g/mol. The van der Waals surface area contributed by atoms with Gasteiger partial charge in [0.25, 0.3) is 0 Å². The normalized spacial score (nSPS) is 10.7. The Morgan fingerprint density at radius 2 is 2.11 bits per heavy atom. The molecule has 0 aromatic carbocycles. The third kappa shape index (κ3) is 2.78. The lowest BCUT2D eigenvalue weighted by Gasteiger charge is -2.00. The van der Waals surface area contributed by atoms with Crippen molar-refractivity contribution in [1.82, 2.24) is 0 Å². The smallest absolute Gasteiger partial charge is 0.350 e. The van der Waals surface area contributed by atoms with Gasteiger partial charge in [-0.1, -0.05) is 18.5 Å². The highest BCUT2D eigenvalue weighted by Gasteiger charge is 2.22. The lowest BCUT2D eigenvalue weighted by Crippen LogP contribution is -2.05. The Kier molecular flexibility index (Phi) is 4.50. The van der Waals surface area contributed by atoms with Gasteiger partial charge >= 0.3 is 5.97 Å². The third-order valence-electron chi connectivity index (χ3n) is 2.66. The first-order valence-corrected chi connectivity index (χ1v) is 7.93. The fraction of sp³-hybridized carbons (Fsp3) is 0.308. The maximum atomic E-state index is 11.9. The van der Waals surface area contributed by atoms with Crippen LogP contribution < -0.4 is 5.73 Å². The van der Waals surface area contributed by atoms with Crippen molar-refractivity contribution in [2.24, 2.45) is 0 Å². The highest BCUT2D eigenvalue weighted by atomic mass is 35.5. The van der Waals surface area contributed by atoms with E-state index in [0.29, 0.717) is 17.2 Å². The average molecular weight is 316 g/mol. The van der Waals surface area contributed by atoms with Gasteiger partial charge in [0.1, 0.15) is 4.88 Å². The summed E-state index contributed by atoms with van der Waals surface area (Å²) < 4.78 is 5.76. The van der Waals surface area contributed by atoms with Gasteiger partial charge in [0, 0.05) is 4.88 Å². The fourth-order valence-corrected chi connectivity index (χ4v) is 4.20. The minimum atomic E-state index is -0.353. The molecule has 0 unspecified atom stereocenters. The molecule has 2 rings (SSSR count). The molecule has 102 valence electrons. The number of carbonyl (C=O) groups is 1. The van der Waals surface area contributed by atoms with Crippen molar-refractivity contribution >= 4 is 45.9 Å². The summed E-state index contributed by atoms with van der Waals surface area (Å²) in [5.74, 6) is -0.353. The van der Waals surface area contributed by atoms with E-state index in [1.54, 1.807) is 6.92 Å². The third-order valence-corrected chi connectivity index (χ3v) is 5.30. The molecule has 0 radical (unpaired) electrons. The summed E-state index contributed by atoms with van der Waals surface area (Å²) in [6.07, 6.45) is 0.770. The predicted octanol–water partition coefficient (Wildman–Crippen LogP) is 4.45. The zero-order valence-corrected chi connectivity index (χ0v) is 13.0. The Morgan fingerprint density at radius 3 is 2.63 bits per heavy atom. The first-order valence-electron chi connectivity index (χ1n) is 5.92. The molecule has 2 aromatic heterocycles. The van der Waals surface area contributed by atoms with Crippen molar-refractivity contribution < 1.29 is 9.53 Å². The van der Waals surface area contributed by atoms with Crippen molar-refractivity contribution in [3.8, 4) is 9.75 Å². The molecule has 0 amide bonds. The lowest BCUT2D eigenvalue weighted by atomic mass is 10.1. The number of nitrogen functional groups attached to an aromatic ring is 1. The number of rotatable bonds is 4. The first kappa shape index (κ1) is 14.4. The number of nitrogens with two attached hydrogens (primary N) is 1. The molecule has 0 saturated carbocycles. The van der Waals surface area contributed by atoms with Gasteiger partial charge in [-0.15, -0.1) is 22.7 Å². The molecule has 6 heteroatoms. The zero-order chi connectivity index (χ0) is 14.0. The Balaban J connectivity index is 2.50. The second-order valence-electron chi connectivity index (χ2n) is 3.83. The summed E-state index contributed by atoms with van der Waals surface area (Å²) in [6.45, 7) is 4.15. The molecule has 0 atom stereocenters. The highest BCUT2D eigenvalue weighted by molar-refractivity contribution is 7.25. The number of ether oxygens (including phenoxy) is 1. The van der Waals surface area contributed by atoms with Crippen LogP contribution in [-0.4, -0.2) is 12.6 Å². The van der Waals surface area contributed by atoms with Crippen LogP contribution in [-0.2, 0) is 11.2 Å². The summed E-state index contributed by atoms with van der Waals surface area (Å²) in [5, 5.41) is 0. The van der Waals surface area contributed by atoms with Gasteiger partial charge in [-0.05, 0) is 31.0 Å². The summed E-state index contributed by atoms with van der Waals surface area (Å²) in [4.78, 5) is 14.4. The van der Waals surface area contributed by atoms with Crippen molar-refractivity contribution in [2.45, 2.75) is 20.3 Å². The van der Waals surface area contributed by atoms with Crippen LogP contribution in [0.3, 0.4) is 0 Å². The number of esters is 1. The molecule has 0 fully saturated rings. The van der Waals surface area contributed by atoms with Crippen molar-refractivity contribution in [2.75, 3.05) is 12.3 Å². The van der Waals surface area contributed by atoms with Gasteiger partial charge in [-0.3, -0.25) is 0 Å². The topological polar surface area (TPSA) is 52.3 Å². The van der Waals surface area contributed by atoms with Crippen LogP contribution in [0.25, 0.3) is 9.75 Å². The minimum absolute atomic E-state index is 0.345. The first-order chi connectivity index (χ1) is 9.08. The molecule has 0 aliphatic carbocycles. The van der Waals surface area contributed by atoms with Gasteiger partial charge in [0.15, 0.2) is 0 Å². The average Bonchev–Trinajstić information content (AvgIpc) is 2.93.